The highest BCUT2D eigenvalue weighted by atomic mass is 16.5. The monoisotopic (exact) mass is 290 g/mol. The van der Waals surface area contributed by atoms with Gasteiger partial charge in [0, 0.05) is 25.2 Å². The Balaban J connectivity index is 1.92. The molecule has 0 aliphatic carbocycles. The van der Waals surface area contributed by atoms with Crippen molar-refractivity contribution in [3.05, 3.63) is 35.4 Å². The number of ether oxygens (including phenoxy) is 1. The summed E-state index contributed by atoms with van der Waals surface area (Å²) in [6.45, 7) is 5.99. The zero-order valence-corrected chi connectivity index (χ0v) is 12.3. The van der Waals surface area contributed by atoms with Gasteiger partial charge in [-0.3, -0.25) is 4.79 Å². The van der Waals surface area contributed by atoms with Crippen molar-refractivity contribution in [2.75, 3.05) is 32.8 Å². The van der Waals surface area contributed by atoms with Crippen LogP contribution < -0.4 is 11.1 Å². The van der Waals surface area contributed by atoms with Crippen molar-refractivity contribution in [1.82, 2.24) is 10.2 Å². The number of amides is 1. The molecule has 1 aromatic carbocycles. The fourth-order valence-corrected chi connectivity index (χ4v) is 2.09. The number of morpholine rings is 1. The van der Waals surface area contributed by atoms with Crippen molar-refractivity contribution in [1.29, 1.82) is 0 Å². The van der Waals surface area contributed by atoms with E-state index in [1.54, 1.807) is 12.1 Å². The summed E-state index contributed by atoms with van der Waals surface area (Å²) in [4.78, 5) is 18.1. The number of nitrogens with one attached hydrogen (secondary N) is 1. The third-order valence-corrected chi connectivity index (χ3v) is 3.31. The third kappa shape index (κ3) is 4.46. The van der Waals surface area contributed by atoms with Gasteiger partial charge in [-0.15, -0.1) is 0 Å². The first-order valence-electron chi connectivity index (χ1n) is 7.20. The number of nitrogens with two attached hydrogens (primary N) is 1. The molecular weight excluding hydrogens is 268 g/mol. The topological polar surface area (TPSA) is 80.0 Å². The number of carbonyl (C=O) groups excluding carboxylic acids is 1. The van der Waals surface area contributed by atoms with E-state index in [0.29, 0.717) is 37.8 Å². The Morgan fingerprint density at radius 3 is 2.62 bits per heavy atom. The minimum atomic E-state index is -0.0552. The maximum absolute atomic E-state index is 11.7. The molecule has 0 atom stereocenters. The molecule has 0 aromatic heterocycles. The van der Waals surface area contributed by atoms with Gasteiger partial charge < -0.3 is 20.7 Å². The Morgan fingerprint density at radius 1 is 1.33 bits per heavy atom. The van der Waals surface area contributed by atoms with Crippen LogP contribution >= 0.6 is 0 Å². The number of hydrogen-bond acceptors (Lipinski definition) is 3. The van der Waals surface area contributed by atoms with Crippen molar-refractivity contribution < 1.29 is 9.53 Å². The minimum absolute atomic E-state index is 0.0552. The number of aliphatic imine (C=N–C) groups is 1. The molecule has 1 aliphatic heterocycles. The molecule has 1 saturated heterocycles. The van der Waals surface area contributed by atoms with E-state index in [1.165, 1.54) is 0 Å². The first kappa shape index (κ1) is 15.3. The number of guanidine groups is 1. The predicted octanol–water partition coefficient (Wildman–Crippen LogP) is 0.583. The lowest BCUT2D eigenvalue weighted by molar-refractivity contribution is 0.0674. The van der Waals surface area contributed by atoms with Crippen molar-refractivity contribution in [2.24, 2.45) is 10.7 Å². The Kier molecular flexibility index (Phi) is 5.57. The van der Waals surface area contributed by atoms with Crippen molar-refractivity contribution in [2.45, 2.75) is 13.5 Å². The van der Waals surface area contributed by atoms with Crippen LogP contribution in [0.15, 0.2) is 29.3 Å². The van der Waals surface area contributed by atoms with E-state index in [1.807, 2.05) is 24.0 Å². The van der Waals surface area contributed by atoms with Gasteiger partial charge in [-0.2, -0.15) is 0 Å². The molecule has 1 amide bonds. The van der Waals surface area contributed by atoms with Crippen LogP contribution in [0.2, 0.25) is 0 Å². The largest absolute Gasteiger partial charge is 0.378 e. The molecule has 21 heavy (non-hydrogen) atoms. The first-order valence-corrected chi connectivity index (χ1v) is 7.20. The van der Waals surface area contributed by atoms with E-state index in [-0.39, 0.29) is 5.91 Å². The van der Waals surface area contributed by atoms with Gasteiger partial charge in [-0.05, 0) is 24.6 Å². The summed E-state index contributed by atoms with van der Waals surface area (Å²) in [5.74, 6) is 0.492. The maximum atomic E-state index is 11.7. The number of nitrogens with zero attached hydrogens (tertiary/aromatic N) is 2. The molecule has 0 bridgehead atoms. The number of carbonyl (C=O) groups is 1. The fourth-order valence-electron chi connectivity index (χ4n) is 2.09. The van der Waals surface area contributed by atoms with Crippen LogP contribution in [0.25, 0.3) is 0 Å². The average molecular weight is 290 g/mol. The molecule has 0 radical (unpaired) electrons. The molecule has 1 aromatic rings. The van der Waals surface area contributed by atoms with Crippen LogP contribution in [0.3, 0.4) is 0 Å². The summed E-state index contributed by atoms with van der Waals surface area (Å²) >= 11 is 0. The second-order valence-electron chi connectivity index (χ2n) is 4.83. The van der Waals surface area contributed by atoms with Crippen LogP contribution in [0, 0.1) is 0 Å². The predicted molar refractivity (Wildman–Crippen MR) is 82.2 cm³/mol. The number of rotatable bonds is 4. The summed E-state index contributed by atoms with van der Waals surface area (Å²) in [5, 5.41) is 2.77. The van der Waals surface area contributed by atoms with Gasteiger partial charge in [0.05, 0.1) is 19.8 Å². The fraction of sp³-hybridized carbons (Fsp3) is 0.467. The van der Waals surface area contributed by atoms with Crippen molar-refractivity contribution in [3.8, 4) is 0 Å². The molecule has 1 aliphatic rings. The highest BCUT2D eigenvalue weighted by molar-refractivity contribution is 5.94. The van der Waals surface area contributed by atoms with Gasteiger partial charge in [-0.25, -0.2) is 4.99 Å². The first-order chi connectivity index (χ1) is 10.2. The molecule has 0 unspecified atom stereocenters. The number of benzene rings is 1. The van der Waals surface area contributed by atoms with Gasteiger partial charge in [-0.1, -0.05) is 12.1 Å². The lowest BCUT2D eigenvalue weighted by Crippen LogP contribution is -2.44. The van der Waals surface area contributed by atoms with Crippen LogP contribution in [0.4, 0.5) is 0 Å². The smallest absolute Gasteiger partial charge is 0.251 e. The van der Waals surface area contributed by atoms with Gasteiger partial charge in [0.2, 0.25) is 0 Å². The van der Waals surface area contributed by atoms with E-state index in [0.717, 1.165) is 18.7 Å². The van der Waals surface area contributed by atoms with Crippen LogP contribution in [-0.4, -0.2) is 49.6 Å². The lowest BCUT2D eigenvalue weighted by Gasteiger charge is -2.27. The van der Waals surface area contributed by atoms with E-state index in [9.17, 15) is 4.79 Å². The molecule has 1 fully saturated rings. The number of hydrogen-bond donors (Lipinski definition) is 2. The molecule has 114 valence electrons. The van der Waals surface area contributed by atoms with Crippen LogP contribution in [0.1, 0.15) is 22.8 Å². The normalized spacial score (nSPS) is 15.9. The molecule has 6 heteroatoms. The Hall–Kier alpha value is -2.08. The summed E-state index contributed by atoms with van der Waals surface area (Å²) in [5.41, 5.74) is 7.66. The Bertz CT molecular complexity index is 493. The van der Waals surface area contributed by atoms with Gasteiger partial charge in [0.25, 0.3) is 5.91 Å². The maximum Gasteiger partial charge on any atom is 0.251 e. The second kappa shape index (κ2) is 7.64. The second-order valence-corrected chi connectivity index (χ2v) is 4.83. The van der Waals surface area contributed by atoms with Crippen LogP contribution in [-0.2, 0) is 11.3 Å². The molecule has 0 spiro atoms. The van der Waals surface area contributed by atoms with Gasteiger partial charge in [0.1, 0.15) is 0 Å². The van der Waals surface area contributed by atoms with E-state index in [4.69, 9.17) is 10.5 Å². The molecular formula is C15H22N4O2. The Morgan fingerprint density at radius 2 is 2.00 bits per heavy atom. The SMILES string of the molecule is CCNC(=O)c1ccc(CN=C(N)N2CCOCC2)cc1. The molecule has 3 N–H and O–H groups in total. The zero-order valence-electron chi connectivity index (χ0n) is 12.3. The quantitative estimate of drug-likeness (QED) is 0.628. The minimum Gasteiger partial charge on any atom is -0.378 e. The Labute approximate surface area is 125 Å². The average Bonchev–Trinajstić information content (AvgIpc) is 2.54. The van der Waals surface area contributed by atoms with E-state index < -0.39 is 0 Å². The zero-order chi connectivity index (χ0) is 15.1. The summed E-state index contributed by atoms with van der Waals surface area (Å²) < 4.78 is 5.28. The summed E-state index contributed by atoms with van der Waals surface area (Å²) in [6, 6.07) is 7.42. The van der Waals surface area contributed by atoms with Crippen LogP contribution in [0.5, 0.6) is 0 Å². The van der Waals surface area contributed by atoms with Gasteiger partial charge >= 0.3 is 0 Å². The van der Waals surface area contributed by atoms with Gasteiger partial charge in [0.15, 0.2) is 5.96 Å². The highest BCUT2D eigenvalue weighted by Gasteiger charge is 2.11. The summed E-state index contributed by atoms with van der Waals surface area (Å²) in [6.07, 6.45) is 0. The lowest BCUT2D eigenvalue weighted by atomic mass is 10.1. The van der Waals surface area contributed by atoms with Crippen molar-refractivity contribution >= 4 is 11.9 Å². The van der Waals surface area contributed by atoms with Crippen molar-refractivity contribution in [3.63, 3.8) is 0 Å². The highest BCUT2D eigenvalue weighted by Crippen LogP contribution is 2.06. The molecule has 2 rings (SSSR count). The molecule has 6 nitrogen and oxygen atoms in total. The molecule has 0 saturated carbocycles. The standard InChI is InChI=1S/C15H22N4O2/c1-2-17-14(20)13-5-3-12(4-6-13)11-18-15(16)19-7-9-21-10-8-19/h3-6H,2,7-11H2,1H3,(H2,16,18)(H,17,20). The van der Waals surface area contributed by atoms with E-state index >= 15 is 0 Å². The third-order valence-electron chi connectivity index (χ3n) is 3.31. The van der Waals surface area contributed by atoms with E-state index in [2.05, 4.69) is 10.3 Å². The molecule has 1 heterocycles. The summed E-state index contributed by atoms with van der Waals surface area (Å²) in [7, 11) is 0.